The first-order chi connectivity index (χ1) is 10.1. The summed E-state index contributed by atoms with van der Waals surface area (Å²) in [7, 11) is 0. The number of alkyl halides is 1. The summed E-state index contributed by atoms with van der Waals surface area (Å²) in [5, 5.41) is 0.386. The molecule has 0 saturated heterocycles. The quantitative estimate of drug-likeness (QED) is 0.623. The fourth-order valence-corrected chi connectivity index (χ4v) is 2.83. The molecule has 21 heavy (non-hydrogen) atoms. The number of hydrogen-bond acceptors (Lipinski definition) is 2. The molecule has 1 aromatic heterocycles. The first-order valence-corrected chi connectivity index (χ1v) is 7.61. The molecule has 3 aromatic rings. The van der Waals surface area contributed by atoms with Crippen LogP contribution in [0, 0.1) is 12.7 Å². The first kappa shape index (κ1) is 14.0. The van der Waals surface area contributed by atoms with Gasteiger partial charge in [-0.2, -0.15) is 0 Å². The van der Waals surface area contributed by atoms with Crippen LogP contribution in [0.3, 0.4) is 0 Å². The minimum Gasteiger partial charge on any atom is -0.459 e. The lowest BCUT2D eigenvalue weighted by atomic mass is 10.0. The van der Waals surface area contributed by atoms with Gasteiger partial charge in [0.2, 0.25) is 5.43 Å². The van der Waals surface area contributed by atoms with Crippen molar-refractivity contribution in [2.45, 2.75) is 12.3 Å². The van der Waals surface area contributed by atoms with Gasteiger partial charge in [0.25, 0.3) is 0 Å². The maximum absolute atomic E-state index is 14.0. The molecule has 3 rings (SSSR count). The van der Waals surface area contributed by atoms with E-state index in [-0.39, 0.29) is 16.4 Å². The van der Waals surface area contributed by atoms with Crippen molar-refractivity contribution < 1.29 is 8.81 Å². The summed E-state index contributed by atoms with van der Waals surface area (Å²) >= 11 is 3.34. The van der Waals surface area contributed by atoms with Gasteiger partial charge in [-0.05, 0) is 24.6 Å². The Morgan fingerprint density at radius 3 is 2.67 bits per heavy atom. The van der Waals surface area contributed by atoms with Crippen LogP contribution < -0.4 is 5.43 Å². The molecule has 0 saturated carbocycles. The molecule has 106 valence electrons. The zero-order chi connectivity index (χ0) is 15.0. The molecule has 0 aliphatic carbocycles. The Morgan fingerprint density at radius 2 is 1.95 bits per heavy atom. The van der Waals surface area contributed by atoms with Gasteiger partial charge in [-0.3, -0.25) is 4.79 Å². The highest BCUT2D eigenvalue weighted by Crippen LogP contribution is 2.27. The number of halogens is 2. The van der Waals surface area contributed by atoms with Crippen molar-refractivity contribution in [1.29, 1.82) is 0 Å². The first-order valence-electron chi connectivity index (χ1n) is 6.49. The Kier molecular flexibility index (Phi) is 3.64. The SMILES string of the molecule is Cc1cccc(-c2c(CBr)oc3cccc(F)c3c2=O)c1. The Balaban J connectivity index is 2.44. The third-order valence-corrected chi connectivity index (χ3v) is 3.88. The van der Waals surface area contributed by atoms with E-state index in [9.17, 15) is 9.18 Å². The largest absolute Gasteiger partial charge is 0.459 e. The predicted molar refractivity (Wildman–Crippen MR) is 85.2 cm³/mol. The molecule has 1 heterocycles. The van der Waals surface area contributed by atoms with Crippen molar-refractivity contribution in [3.05, 3.63) is 69.8 Å². The Hall–Kier alpha value is -1.94. The third-order valence-electron chi connectivity index (χ3n) is 3.37. The molecule has 4 heteroatoms. The summed E-state index contributed by atoms with van der Waals surface area (Å²) in [4.78, 5) is 12.7. The van der Waals surface area contributed by atoms with Crippen molar-refractivity contribution in [3.63, 3.8) is 0 Å². The van der Waals surface area contributed by atoms with Crippen LogP contribution >= 0.6 is 15.9 Å². The fourth-order valence-electron chi connectivity index (χ4n) is 2.43. The normalized spacial score (nSPS) is 11.0. The average molecular weight is 347 g/mol. The predicted octanol–water partition coefficient (Wildman–Crippen LogP) is 4.80. The van der Waals surface area contributed by atoms with E-state index in [2.05, 4.69) is 15.9 Å². The lowest BCUT2D eigenvalue weighted by molar-refractivity contribution is 0.558. The van der Waals surface area contributed by atoms with E-state index >= 15 is 0 Å². The standard InChI is InChI=1S/C17H12BrFO2/c1-10-4-2-5-11(8-10)15-14(9-18)21-13-7-3-6-12(19)16(13)17(15)20/h2-8H,9H2,1H3. The summed E-state index contributed by atoms with van der Waals surface area (Å²) in [6.07, 6.45) is 0. The van der Waals surface area contributed by atoms with Crippen LogP contribution in [0.4, 0.5) is 4.39 Å². The molecular formula is C17H12BrFO2. The van der Waals surface area contributed by atoms with Gasteiger partial charge in [-0.1, -0.05) is 51.8 Å². The van der Waals surface area contributed by atoms with Crippen molar-refractivity contribution in [1.82, 2.24) is 0 Å². The molecule has 2 nitrogen and oxygen atoms in total. The Bertz CT molecular complexity index is 884. The highest BCUT2D eigenvalue weighted by molar-refractivity contribution is 9.08. The third kappa shape index (κ3) is 2.40. The van der Waals surface area contributed by atoms with E-state index < -0.39 is 5.82 Å². The molecule has 0 N–H and O–H groups in total. The van der Waals surface area contributed by atoms with Crippen LogP contribution in [-0.4, -0.2) is 0 Å². The van der Waals surface area contributed by atoms with Crippen molar-refractivity contribution in [2.24, 2.45) is 0 Å². The van der Waals surface area contributed by atoms with E-state index in [0.717, 1.165) is 11.1 Å². The number of aryl methyl sites for hydroxylation is 1. The van der Waals surface area contributed by atoms with Crippen LogP contribution in [0.2, 0.25) is 0 Å². The highest BCUT2D eigenvalue weighted by Gasteiger charge is 2.17. The van der Waals surface area contributed by atoms with Gasteiger partial charge in [0.15, 0.2) is 0 Å². The molecule has 0 radical (unpaired) electrons. The molecule has 0 atom stereocenters. The van der Waals surface area contributed by atoms with E-state index in [1.807, 2.05) is 31.2 Å². The zero-order valence-electron chi connectivity index (χ0n) is 11.3. The van der Waals surface area contributed by atoms with Crippen LogP contribution in [0.5, 0.6) is 0 Å². The summed E-state index contributed by atoms with van der Waals surface area (Å²) in [6, 6.07) is 11.9. The lowest BCUT2D eigenvalue weighted by Gasteiger charge is -2.09. The highest BCUT2D eigenvalue weighted by atomic mass is 79.9. The van der Waals surface area contributed by atoms with Crippen LogP contribution in [0.25, 0.3) is 22.1 Å². The second-order valence-electron chi connectivity index (χ2n) is 4.85. The Morgan fingerprint density at radius 1 is 1.19 bits per heavy atom. The van der Waals surface area contributed by atoms with Crippen molar-refractivity contribution in [2.75, 3.05) is 0 Å². The van der Waals surface area contributed by atoms with Crippen molar-refractivity contribution in [3.8, 4) is 11.1 Å². The lowest BCUT2D eigenvalue weighted by Crippen LogP contribution is -2.10. The molecule has 0 amide bonds. The topological polar surface area (TPSA) is 30.2 Å². The number of rotatable bonds is 2. The van der Waals surface area contributed by atoms with E-state index in [1.54, 1.807) is 6.07 Å². The summed E-state index contributed by atoms with van der Waals surface area (Å²) in [5.74, 6) is -0.0556. The minimum atomic E-state index is -0.559. The van der Waals surface area contributed by atoms with Crippen LogP contribution in [0.1, 0.15) is 11.3 Å². The van der Waals surface area contributed by atoms with Gasteiger partial charge >= 0.3 is 0 Å². The van der Waals surface area contributed by atoms with Gasteiger partial charge in [-0.15, -0.1) is 0 Å². The fraction of sp³-hybridized carbons (Fsp3) is 0.118. The second-order valence-corrected chi connectivity index (χ2v) is 5.41. The van der Waals surface area contributed by atoms with Gasteiger partial charge in [-0.25, -0.2) is 4.39 Å². The maximum Gasteiger partial charge on any atom is 0.203 e. The van der Waals surface area contributed by atoms with Gasteiger partial charge < -0.3 is 4.42 Å². The Labute approximate surface area is 129 Å². The summed E-state index contributed by atoms with van der Waals surface area (Å²) in [6.45, 7) is 1.94. The number of hydrogen-bond donors (Lipinski definition) is 0. The van der Waals surface area contributed by atoms with Gasteiger partial charge in [0.05, 0.1) is 10.9 Å². The molecule has 0 unspecified atom stereocenters. The van der Waals surface area contributed by atoms with Crippen LogP contribution in [0.15, 0.2) is 51.7 Å². The van der Waals surface area contributed by atoms with Gasteiger partial charge in [0.1, 0.15) is 22.5 Å². The van der Waals surface area contributed by atoms with Gasteiger partial charge in [0, 0.05) is 0 Å². The smallest absolute Gasteiger partial charge is 0.203 e. The molecular weight excluding hydrogens is 335 g/mol. The average Bonchev–Trinajstić information content (AvgIpc) is 2.46. The van der Waals surface area contributed by atoms with Crippen LogP contribution in [-0.2, 0) is 5.33 Å². The van der Waals surface area contributed by atoms with E-state index in [4.69, 9.17) is 4.42 Å². The molecule has 0 fully saturated rings. The van der Waals surface area contributed by atoms with Crippen molar-refractivity contribution >= 4 is 26.9 Å². The molecule has 0 aliphatic heterocycles. The summed E-state index contributed by atoms with van der Waals surface area (Å²) < 4.78 is 19.7. The second kappa shape index (κ2) is 5.45. The van der Waals surface area contributed by atoms with E-state index in [1.165, 1.54) is 12.1 Å². The molecule has 0 bridgehead atoms. The molecule has 0 aliphatic rings. The monoisotopic (exact) mass is 346 g/mol. The number of fused-ring (bicyclic) bond motifs is 1. The maximum atomic E-state index is 14.0. The number of benzene rings is 2. The summed E-state index contributed by atoms with van der Waals surface area (Å²) in [5.41, 5.74) is 2.11. The zero-order valence-corrected chi connectivity index (χ0v) is 12.9. The molecule has 2 aromatic carbocycles. The van der Waals surface area contributed by atoms with E-state index in [0.29, 0.717) is 16.7 Å². The molecule has 0 spiro atoms. The minimum absolute atomic E-state index is 0.00120.